The quantitative estimate of drug-likeness (QED) is 0.0226. The Bertz CT molecular complexity index is 4250. The van der Waals surface area contributed by atoms with Crippen LogP contribution >= 0.6 is 0 Å². The van der Waals surface area contributed by atoms with Crippen molar-refractivity contribution in [1.29, 1.82) is 0 Å². The predicted molar refractivity (Wildman–Crippen MR) is 435 cm³/mol. The molecule has 4 aromatic rings. The second-order valence-corrected chi connectivity index (χ2v) is 32.7. The van der Waals surface area contributed by atoms with E-state index < -0.39 is 162 Å². The van der Waals surface area contributed by atoms with Crippen molar-refractivity contribution in [2.75, 3.05) is 94.1 Å². The number of benzene rings is 3. The summed E-state index contributed by atoms with van der Waals surface area (Å²) in [6.07, 6.45) is -2.83. The summed E-state index contributed by atoms with van der Waals surface area (Å²) >= 11 is 0. The van der Waals surface area contributed by atoms with Gasteiger partial charge in [0.1, 0.15) is 60.6 Å². The van der Waals surface area contributed by atoms with Crippen LogP contribution in [0, 0.1) is 35.5 Å². The van der Waals surface area contributed by atoms with E-state index in [1.54, 1.807) is 87.8 Å². The van der Waals surface area contributed by atoms with Crippen molar-refractivity contribution < 1.29 is 128 Å². The highest BCUT2D eigenvalue weighted by Gasteiger charge is 2.47. The Kier molecular flexibility index (Phi) is 37.7. The molecule has 122 heavy (non-hydrogen) atoms. The standard InChI is InChI=1S/C83H119N11O27S/c1-12-51(6)71(64(112-10)43-68(98)93-34-16-19-61(93)75(113-11)52(7)76(102)86-60(81(107)108)41-53-17-14-13-15-18-53)90(8)80(106)69(49(2)3)87-79(105)70(50(4)5)91(9)83(109)117-47-55-22-27-59(28-23-55)120-122(110,111)121-63-42-57(26-29-62(63)118-82-74(101)73(100)72(99)65(46-95)119-82)78(104)85-32-36-114-38-35-92-45-58(88-89-92)48-116-40-39-115-37-33-84-77(103)56-24-20-54(21-25-56)44-94-66(96)30-31-67(94)97/h13-15,17-18,22-23,26-31,42,45,49-52,54,56,60-61,64-65,69-75,82,95,99-101H,12,16,19-21,24-25,32-41,43-44,46-48H2,1-11H3,(H,84,103)(H,85,104)(H,86,102)(H,87,105)(H,107,108)/t51?,52-,54?,56?,60?,61+,64-,65-,69+,70+,71+,72+,73+,74-,75-,82?/m1/s1. The fraction of sp³-hybridized carbons (Fsp3) is 0.614. The first-order valence-corrected chi connectivity index (χ1v) is 42.5. The van der Waals surface area contributed by atoms with Gasteiger partial charge in [0.2, 0.25) is 35.8 Å². The molecular formula is C83H119N11O27S. The van der Waals surface area contributed by atoms with Crippen molar-refractivity contribution in [2.45, 2.75) is 199 Å². The molecule has 8 rings (SSSR count). The lowest BCUT2D eigenvalue weighted by Crippen LogP contribution is -2.60. The number of carboxylic acids is 1. The number of hydrogen-bond acceptors (Lipinski definition) is 28. The summed E-state index contributed by atoms with van der Waals surface area (Å²) in [5.41, 5.74) is 1.43. The Morgan fingerprint density at radius 3 is 2.02 bits per heavy atom. The Hall–Kier alpha value is -9.81. The summed E-state index contributed by atoms with van der Waals surface area (Å²) in [5, 5.41) is 70.9. The van der Waals surface area contributed by atoms with Gasteiger partial charge in [0.15, 0.2) is 11.5 Å². The first kappa shape index (κ1) is 97.6. The molecule has 3 fully saturated rings. The molecule has 1 saturated carbocycles. The molecule has 4 heterocycles. The highest BCUT2D eigenvalue weighted by Crippen LogP contribution is 2.36. The van der Waals surface area contributed by atoms with E-state index in [1.807, 2.05) is 13.8 Å². The van der Waals surface area contributed by atoms with Crippen LogP contribution in [-0.4, -0.2) is 295 Å². The molecule has 3 unspecified atom stereocenters. The molecule has 0 radical (unpaired) electrons. The smallest absolute Gasteiger partial charge is 0.480 e. The van der Waals surface area contributed by atoms with Crippen molar-refractivity contribution in [1.82, 2.24) is 55.9 Å². The highest BCUT2D eigenvalue weighted by molar-refractivity contribution is 7.82. The molecule has 4 aliphatic rings. The lowest BCUT2D eigenvalue weighted by atomic mass is 9.81. The summed E-state index contributed by atoms with van der Waals surface area (Å²) in [7, 11) is 0.674. The maximum absolute atomic E-state index is 14.9. The zero-order valence-corrected chi connectivity index (χ0v) is 71.7. The van der Waals surface area contributed by atoms with Crippen LogP contribution in [0.25, 0.3) is 0 Å². The topological polar surface area (TPSA) is 490 Å². The minimum absolute atomic E-state index is 0.0203. The number of aliphatic hydroxyl groups excluding tert-OH is 4. The Morgan fingerprint density at radius 2 is 1.39 bits per heavy atom. The number of amides is 9. The van der Waals surface area contributed by atoms with Gasteiger partial charge in [-0.3, -0.25) is 48.2 Å². The number of likely N-dealkylation sites (N-methyl/N-ethyl adjacent to an activating group) is 2. The largest absolute Gasteiger partial charge is 0.501 e. The molecule has 0 spiro atoms. The fourth-order valence-electron chi connectivity index (χ4n) is 15.3. The molecule has 9 N–H and O–H groups in total. The minimum Gasteiger partial charge on any atom is -0.480 e. The number of likely N-dealkylation sites (tertiary alicyclic amines) is 1. The van der Waals surface area contributed by atoms with Crippen molar-refractivity contribution in [3.05, 3.63) is 114 Å². The molecule has 39 heteroatoms. The molecule has 1 aromatic heterocycles. The van der Waals surface area contributed by atoms with Crippen molar-refractivity contribution >= 4 is 69.7 Å². The normalized spacial score (nSPS) is 21.2. The fourth-order valence-corrected chi connectivity index (χ4v) is 16.0. The zero-order valence-electron chi connectivity index (χ0n) is 70.9. The molecular weight excluding hydrogens is 1620 g/mol. The lowest BCUT2D eigenvalue weighted by molar-refractivity contribution is -0.277. The molecule has 3 aliphatic heterocycles. The van der Waals surface area contributed by atoms with Gasteiger partial charge >= 0.3 is 22.5 Å². The van der Waals surface area contributed by atoms with Crippen LogP contribution in [0.5, 0.6) is 17.2 Å². The average molecular weight is 1730 g/mol. The number of nitrogens with zero attached hydrogens (tertiary/aromatic N) is 7. The van der Waals surface area contributed by atoms with Gasteiger partial charge in [-0.25, -0.2) is 14.3 Å². The lowest BCUT2D eigenvalue weighted by Gasteiger charge is -2.41. The number of carbonyl (C=O) groups excluding carboxylic acids is 9. The van der Waals surface area contributed by atoms with E-state index in [4.69, 9.17) is 46.3 Å². The number of imide groups is 1. The second-order valence-electron chi connectivity index (χ2n) is 31.6. The molecule has 38 nitrogen and oxygen atoms in total. The number of nitrogens with one attached hydrogen (secondary N) is 4. The predicted octanol–water partition coefficient (Wildman–Crippen LogP) is 2.45. The molecule has 1 aliphatic carbocycles. The average Bonchev–Trinajstić information content (AvgIpc) is 1.46. The number of hydrogen-bond donors (Lipinski definition) is 9. The molecule has 3 aromatic carbocycles. The first-order valence-electron chi connectivity index (χ1n) is 41.1. The number of rotatable bonds is 48. The summed E-state index contributed by atoms with van der Waals surface area (Å²) in [6, 6.07) is 12.6. The van der Waals surface area contributed by atoms with Gasteiger partial charge < -0.3 is 103 Å². The SMILES string of the molecule is CCC(C)[C@@H]([C@@H](CC(=O)N1CCC[C@H]1[C@H](OC)[C@@H](C)C(=O)NC(Cc1ccccc1)C(=O)O)OC)N(C)C(=O)[C@@H](NC(=O)[C@H](C(C)C)N(C)C(=O)OCc1ccc(OS(=O)(=O)Oc2cc(C(=O)NCCOCCn3cc(COCCOCCNC(=O)C4CCC(CN5C(=O)C=CC5=O)CC4)nn3)ccc2OC2O[C@H](CO)[C@H](O)[C@H](O)[C@H]2O)cc1)C(C)C. The number of aliphatic hydroxyl groups is 4. The van der Waals surface area contributed by atoms with E-state index >= 15 is 0 Å². The van der Waals surface area contributed by atoms with Crippen LogP contribution in [0.4, 0.5) is 4.79 Å². The van der Waals surface area contributed by atoms with E-state index in [0.29, 0.717) is 63.0 Å². The number of aliphatic carboxylic acids is 1. The molecule has 0 bridgehead atoms. The zero-order chi connectivity index (χ0) is 89.1. The molecule has 674 valence electrons. The third kappa shape index (κ3) is 27.6. The van der Waals surface area contributed by atoms with E-state index in [1.165, 1.54) is 73.6 Å². The van der Waals surface area contributed by atoms with E-state index in [9.17, 15) is 81.9 Å². The summed E-state index contributed by atoms with van der Waals surface area (Å²) in [4.78, 5) is 139. The van der Waals surface area contributed by atoms with Crippen LogP contribution in [0.1, 0.15) is 127 Å². The third-order valence-corrected chi connectivity index (χ3v) is 23.1. The maximum atomic E-state index is 14.9. The van der Waals surface area contributed by atoms with Gasteiger partial charge in [-0.1, -0.05) is 103 Å². The van der Waals surface area contributed by atoms with Crippen molar-refractivity contribution in [3.63, 3.8) is 0 Å². The van der Waals surface area contributed by atoms with Crippen LogP contribution in [0.15, 0.2) is 91.1 Å². The van der Waals surface area contributed by atoms with Crippen LogP contribution in [-0.2, 0) is 108 Å². The Morgan fingerprint density at radius 1 is 0.713 bits per heavy atom. The van der Waals surface area contributed by atoms with E-state index in [-0.39, 0.29) is 118 Å². The number of carboxylic acid groups (broad SMARTS) is 1. The Labute approximate surface area is 710 Å². The van der Waals surface area contributed by atoms with Gasteiger partial charge in [-0.15, -0.1) is 13.5 Å². The summed E-state index contributed by atoms with van der Waals surface area (Å²) in [6.45, 7) is 13.6. The third-order valence-electron chi connectivity index (χ3n) is 22.3. The van der Waals surface area contributed by atoms with E-state index in [2.05, 4.69) is 31.6 Å². The van der Waals surface area contributed by atoms with Crippen LogP contribution < -0.4 is 34.4 Å². The van der Waals surface area contributed by atoms with Crippen LogP contribution in [0.2, 0.25) is 0 Å². The van der Waals surface area contributed by atoms with Crippen molar-refractivity contribution in [2.24, 2.45) is 35.5 Å². The molecule has 14 atom stereocenters. The van der Waals surface area contributed by atoms with Gasteiger partial charge in [-0.05, 0) is 104 Å². The Balaban J connectivity index is 0.792. The van der Waals surface area contributed by atoms with Gasteiger partial charge in [0.05, 0.1) is 95.6 Å². The van der Waals surface area contributed by atoms with E-state index in [0.717, 1.165) is 35.4 Å². The maximum Gasteiger partial charge on any atom is 0.501 e. The van der Waals surface area contributed by atoms with Gasteiger partial charge in [-0.2, -0.15) is 0 Å². The summed E-state index contributed by atoms with van der Waals surface area (Å²) < 4.78 is 85.5. The molecule has 2 saturated heterocycles. The number of methoxy groups -OCH3 is 2. The monoisotopic (exact) mass is 1730 g/mol. The molecule has 9 amide bonds. The van der Waals surface area contributed by atoms with Crippen molar-refractivity contribution in [3.8, 4) is 17.2 Å². The minimum atomic E-state index is -5.16. The number of ether oxygens (including phenoxy) is 8. The summed E-state index contributed by atoms with van der Waals surface area (Å²) in [5.74, 6) is -8.16. The first-order chi connectivity index (χ1) is 58.2. The van der Waals surface area contributed by atoms with Crippen LogP contribution in [0.3, 0.4) is 0 Å². The van der Waals surface area contributed by atoms with Gasteiger partial charge in [0, 0.05) is 84.5 Å². The number of carbonyl (C=O) groups is 10. The highest BCUT2D eigenvalue weighted by atomic mass is 32.3. The number of aromatic nitrogens is 3. The second kappa shape index (κ2) is 47.2. The van der Waals surface area contributed by atoms with Gasteiger partial charge in [0.25, 0.3) is 17.7 Å².